The molecule has 1 amide bonds. The monoisotopic (exact) mass is 358 g/mol. The third kappa shape index (κ3) is 5.03. The van der Waals surface area contributed by atoms with Gasteiger partial charge in [0.25, 0.3) is 0 Å². The summed E-state index contributed by atoms with van der Waals surface area (Å²) < 4.78 is 0. The molecule has 5 nitrogen and oxygen atoms in total. The number of amides is 1. The number of anilines is 1. The molecular formula is C19H26N4OS. The quantitative estimate of drug-likeness (QED) is 0.798. The third-order valence-electron chi connectivity index (χ3n) is 4.65. The first-order valence-electron chi connectivity index (χ1n) is 8.85. The topological polar surface area (TPSA) is 57.3 Å². The van der Waals surface area contributed by atoms with E-state index in [0.717, 1.165) is 38.2 Å². The Labute approximate surface area is 153 Å². The lowest BCUT2D eigenvalue weighted by Gasteiger charge is -2.29. The predicted octanol–water partition coefficient (Wildman–Crippen LogP) is 2.50. The lowest BCUT2D eigenvalue weighted by Crippen LogP contribution is -2.47. The number of carbonyl (C=O) groups is 1. The van der Waals surface area contributed by atoms with E-state index < -0.39 is 0 Å². The standard InChI is InChI=1S/C19H26N4OS/c1-14-11-17(23-9-7-20-18(24)13-23)5-4-16(14)12-22-15(2)3-6-19-21-8-10-25-19/h4-5,8,10-11,15,22H,3,6-7,9,12-13H2,1-2H3,(H,20,24). The minimum Gasteiger partial charge on any atom is -0.360 e. The first kappa shape index (κ1) is 17.9. The summed E-state index contributed by atoms with van der Waals surface area (Å²) >= 11 is 1.73. The van der Waals surface area contributed by atoms with Crippen molar-refractivity contribution in [2.75, 3.05) is 24.5 Å². The van der Waals surface area contributed by atoms with E-state index in [1.807, 2.05) is 11.6 Å². The number of nitrogens with zero attached hydrogens (tertiary/aromatic N) is 2. The van der Waals surface area contributed by atoms with Gasteiger partial charge in [0.05, 0.1) is 11.6 Å². The van der Waals surface area contributed by atoms with Crippen molar-refractivity contribution in [3.05, 3.63) is 45.9 Å². The van der Waals surface area contributed by atoms with Gasteiger partial charge in [-0.3, -0.25) is 4.79 Å². The number of thiazole rings is 1. The van der Waals surface area contributed by atoms with E-state index in [1.54, 1.807) is 11.3 Å². The summed E-state index contributed by atoms with van der Waals surface area (Å²) in [7, 11) is 0. The van der Waals surface area contributed by atoms with Crippen LogP contribution in [0.25, 0.3) is 0 Å². The summed E-state index contributed by atoms with van der Waals surface area (Å²) in [5.41, 5.74) is 3.71. The average molecular weight is 359 g/mol. The molecule has 1 atom stereocenters. The molecule has 1 aliphatic rings. The Morgan fingerprint density at radius 3 is 3.04 bits per heavy atom. The summed E-state index contributed by atoms with van der Waals surface area (Å²) in [5, 5.41) is 9.72. The van der Waals surface area contributed by atoms with Gasteiger partial charge in [0, 0.05) is 49.4 Å². The molecule has 3 rings (SSSR count). The van der Waals surface area contributed by atoms with E-state index in [9.17, 15) is 4.79 Å². The van der Waals surface area contributed by atoms with Crippen LogP contribution in [0.15, 0.2) is 29.8 Å². The van der Waals surface area contributed by atoms with Crippen molar-refractivity contribution in [1.82, 2.24) is 15.6 Å². The normalized spacial score (nSPS) is 15.9. The Kier molecular flexibility index (Phi) is 6.04. The number of hydrogen-bond acceptors (Lipinski definition) is 5. The molecule has 0 saturated carbocycles. The summed E-state index contributed by atoms with van der Waals surface area (Å²) in [4.78, 5) is 18.0. The highest BCUT2D eigenvalue weighted by atomic mass is 32.1. The van der Waals surface area contributed by atoms with Gasteiger partial charge >= 0.3 is 0 Å². The van der Waals surface area contributed by atoms with Crippen LogP contribution in [0.4, 0.5) is 5.69 Å². The summed E-state index contributed by atoms with van der Waals surface area (Å²) in [5.74, 6) is 0.101. The van der Waals surface area contributed by atoms with E-state index in [1.165, 1.54) is 16.1 Å². The highest BCUT2D eigenvalue weighted by Crippen LogP contribution is 2.20. The molecule has 134 valence electrons. The maximum atomic E-state index is 11.6. The SMILES string of the molecule is Cc1cc(N2CCNC(=O)C2)ccc1CNC(C)CCc1nccs1. The zero-order valence-electron chi connectivity index (χ0n) is 14.9. The van der Waals surface area contributed by atoms with Gasteiger partial charge in [-0.1, -0.05) is 6.07 Å². The van der Waals surface area contributed by atoms with Crippen LogP contribution in [-0.2, 0) is 17.8 Å². The molecule has 1 aromatic heterocycles. The zero-order valence-corrected chi connectivity index (χ0v) is 15.7. The van der Waals surface area contributed by atoms with E-state index in [4.69, 9.17) is 0 Å². The second kappa shape index (κ2) is 8.45. The van der Waals surface area contributed by atoms with E-state index in [2.05, 4.69) is 52.6 Å². The van der Waals surface area contributed by atoms with Crippen LogP contribution in [0.1, 0.15) is 29.5 Å². The molecule has 1 unspecified atom stereocenters. The Morgan fingerprint density at radius 1 is 1.44 bits per heavy atom. The van der Waals surface area contributed by atoms with Gasteiger partial charge in [0.2, 0.25) is 5.91 Å². The number of benzene rings is 1. The van der Waals surface area contributed by atoms with Crippen LogP contribution in [0.2, 0.25) is 0 Å². The molecule has 0 spiro atoms. The predicted molar refractivity (Wildman–Crippen MR) is 103 cm³/mol. The van der Waals surface area contributed by atoms with Gasteiger partial charge in [-0.25, -0.2) is 4.98 Å². The maximum absolute atomic E-state index is 11.6. The highest BCUT2D eigenvalue weighted by molar-refractivity contribution is 7.09. The van der Waals surface area contributed by atoms with Gasteiger partial charge in [-0.05, 0) is 43.5 Å². The van der Waals surface area contributed by atoms with Crippen molar-refractivity contribution >= 4 is 22.9 Å². The molecule has 1 saturated heterocycles. The number of aromatic nitrogens is 1. The van der Waals surface area contributed by atoms with E-state index >= 15 is 0 Å². The van der Waals surface area contributed by atoms with Crippen molar-refractivity contribution in [3.63, 3.8) is 0 Å². The molecule has 0 bridgehead atoms. The van der Waals surface area contributed by atoms with E-state index in [-0.39, 0.29) is 5.91 Å². The largest absolute Gasteiger partial charge is 0.360 e. The van der Waals surface area contributed by atoms with Crippen LogP contribution >= 0.6 is 11.3 Å². The lowest BCUT2D eigenvalue weighted by atomic mass is 10.1. The number of rotatable bonds is 7. The van der Waals surface area contributed by atoms with Crippen molar-refractivity contribution < 1.29 is 4.79 Å². The minimum absolute atomic E-state index is 0.101. The second-order valence-electron chi connectivity index (χ2n) is 6.63. The molecule has 0 radical (unpaired) electrons. The summed E-state index contributed by atoms with van der Waals surface area (Å²) in [6.45, 7) is 7.28. The molecule has 1 aromatic carbocycles. The van der Waals surface area contributed by atoms with Gasteiger partial charge in [0.1, 0.15) is 0 Å². The maximum Gasteiger partial charge on any atom is 0.239 e. The van der Waals surface area contributed by atoms with Gasteiger partial charge in [-0.2, -0.15) is 0 Å². The summed E-state index contributed by atoms with van der Waals surface area (Å²) in [6.07, 6.45) is 3.99. The Bertz CT molecular complexity index is 701. The van der Waals surface area contributed by atoms with Crippen LogP contribution < -0.4 is 15.5 Å². The fraction of sp³-hybridized carbons (Fsp3) is 0.474. The van der Waals surface area contributed by atoms with Gasteiger partial charge < -0.3 is 15.5 Å². The molecule has 1 aliphatic heterocycles. The first-order chi connectivity index (χ1) is 12.1. The fourth-order valence-electron chi connectivity index (χ4n) is 3.04. The zero-order chi connectivity index (χ0) is 17.6. The number of piperazine rings is 1. The van der Waals surface area contributed by atoms with Crippen LogP contribution in [0, 0.1) is 6.92 Å². The Morgan fingerprint density at radius 2 is 2.32 bits per heavy atom. The number of carbonyl (C=O) groups excluding carboxylic acids is 1. The summed E-state index contributed by atoms with van der Waals surface area (Å²) in [6, 6.07) is 6.95. The van der Waals surface area contributed by atoms with Crippen molar-refractivity contribution in [1.29, 1.82) is 0 Å². The van der Waals surface area contributed by atoms with Crippen LogP contribution in [0.5, 0.6) is 0 Å². The molecular weight excluding hydrogens is 332 g/mol. The minimum atomic E-state index is 0.101. The van der Waals surface area contributed by atoms with Crippen molar-refractivity contribution in [2.24, 2.45) is 0 Å². The lowest BCUT2D eigenvalue weighted by molar-refractivity contribution is -0.120. The average Bonchev–Trinajstić information content (AvgIpc) is 3.12. The molecule has 0 aliphatic carbocycles. The fourth-order valence-corrected chi connectivity index (χ4v) is 3.67. The highest BCUT2D eigenvalue weighted by Gasteiger charge is 2.17. The Balaban J connectivity index is 1.51. The molecule has 25 heavy (non-hydrogen) atoms. The molecule has 2 heterocycles. The number of aryl methyl sites for hydroxylation is 2. The van der Waals surface area contributed by atoms with Gasteiger partial charge in [-0.15, -0.1) is 11.3 Å². The van der Waals surface area contributed by atoms with E-state index in [0.29, 0.717) is 12.6 Å². The molecule has 2 aromatic rings. The number of hydrogen-bond donors (Lipinski definition) is 2. The third-order valence-corrected chi connectivity index (χ3v) is 5.48. The van der Waals surface area contributed by atoms with Crippen molar-refractivity contribution in [3.8, 4) is 0 Å². The number of nitrogens with one attached hydrogen (secondary N) is 2. The van der Waals surface area contributed by atoms with Gasteiger partial charge in [0.15, 0.2) is 0 Å². The van der Waals surface area contributed by atoms with Crippen LogP contribution in [-0.4, -0.2) is 36.6 Å². The smallest absolute Gasteiger partial charge is 0.239 e. The van der Waals surface area contributed by atoms with Crippen molar-refractivity contribution in [2.45, 2.75) is 39.3 Å². The Hall–Kier alpha value is -1.92. The molecule has 6 heteroatoms. The molecule has 1 fully saturated rings. The molecule has 2 N–H and O–H groups in total. The first-order valence-corrected chi connectivity index (χ1v) is 9.72. The second-order valence-corrected chi connectivity index (χ2v) is 7.61. The van der Waals surface area contributed by atoms with Crippen LogP contribution in [0.3, 0.4) is 0 Å².